The predicted octanol–water partition coefficient (Wildman–Crippen LogP) is 2.22. The van der Waals surface area contributed by atoms with Gasteiger partial charge in [0.25, 0.3) is 5.91 Å². The fourth-order valence-corrected chi connectivity index (χ4v) is 4.33. The minimum Gasteiger partial charge on any atom is -0.361 e. The number of amides is 4. The van der Waals surface area contributed by atoms with Gasteiger partial charge in [0, 0.05) is 36.6 Å². The summed E-state index contributed by atoms with van der Waals surface area (Å²) in [6.07, 6.45) is 3.03. The maximum Gasteiger partial charge on any atom is 0.325 e. The molecule has 1 fully saturated rings. The van der Waals surface area contributed by atoms with E-state index < -0.39 is 12.1 Å². The lowest BCUT2D eigenvalue weighted by molar-refractivity contribution is -0.138. The summed E-state index contributed by atoms with van der Waals surface area (Å²) in [6.45, 7) is 0.882. The van der Waals surface area contributed by atoms with E-state index >= 15 is 0 Å². The van der Waals surface area contributed by atoms with Crippen molar-refractivity contribution in [3.05, 3.63) is 71.4 Å². The number of benzene rings is 2. The van der Waals surface area contributed by atoms with Gasteiger partial charge in [0.1, 0.15) is 12.6 Å². The van der Waals surface area contributed by atoms with E-state index in [9.17, 15) is 14.4 Å². The van der Waals surface area contributed by atoms with Crippen LogP contribution in [0.3, 0.4) is 0 Å². The van der Waals surface area contributed by atoms with Gasteiger partial charge in [0.15, 0.2) is 0 Å². The van der Waals surface area contributed by atoms with Crippen LogP contribution in [0.2, 0.25) is 0 Å². The molecule has 30 heavy (non-hydrogen) atoms. The standard InChI is InChI=1S/C23H22N4O3/c28-21(26-10-9-15-5-1-2-6-16(15)13-26)14-27-22(29)20(25-23(27)30)11-17-12-24-19-8-4-3-7-18(17)19/h1-8,12,20,24H,9-11,13-14H2,(H,25,30)/t20-/m1/s1. The molecule has 0 unspecified atom stereocenters. The molecule has 152 valence electrons. The first-order chi connectivity index (χ1) is 14.6. The Balaban J connectivity index is 1.26. The summed E-state index contributed by atoms with van der Waals surface area (Å²) >= 11 is 0. The van der Waals surface area contributed by atoms with Crippen LogP contribution >= 0.6 is 0 Å². The van der Waals surface area contributed by atoms with Crippen molar-refractivity contribution < 1.29 is 14.4 Å². The Morgan fingerprint density at radius 1 is 1.03 bits per heavy atom. The number of carbonyl (C=O) groups excluding carboxylic acids is 3. The Hall–Kier alpha value is -3.61. The molecule has 3 aromatic rings. The second-order valence-electron chi connectivity index (χ2n) is 7.82. The molecule has 0 aliphatic carbocycles. The molecule has 0 spiro atoms. The molecule has 0 bridgehead atoms. The number of hydrogen-bond acceptors (Lipinski definition) is 3. The quantitative estimate of drug-likeness (QED) is 0.656. The number of nitrogens with one attached hydrogen (secondary N) is 2. The highest BCUT2D eigenvalue weighted by atomic mass is 16.2. The molecule has 1 saturated heterocycles. The van der Waals surface area contributed by atoms with Crippen molar-refractivity contribution in [2.45, 2.75) is 25.4 Å². The van der Waals surface area contributed by atoms with Crippen LogP contribution in [0, 0.1) is 0 Å². The molecular formula is C23H22N4O3. The maximum absolute atomic E-state index is 12.9. The van der Waals surface area contributed by atoms with Gasteiger partial charge >= 0.3 is 6.03 Å². The van der Waals surface area contributed by atoms with Crippen molar-refractivity contribution in [3.63, 3.8) is 0 Å². The van der Waals surface area contributed by atoms with E-state index in [2.05, 4.69) is 16.4 Å². The average Bonchev–Trinajstić information content (AvgIpc) is 3.29. The predicted molar refractivity (Wildman–Crippen MR) is 112 cm³/mol. The molecule has 1 atom stereocenters. The van der Waals surface area contributed by atoms with Crippen LogP contribution in [0.1, 0.15) is 16.7 Å². The van der Waals surface area contributed by atoms with Crippen LogP contribution in [0.25, 0.3) is 10.9 Å². The van der Waals surface area contributed by atoms with Crippen LogP contribution in [-0.4, -0.2) is 51.8 Å². The number of rotatable bonds is 4. The van der Waals surface area contributed by atoms with Crippen molar-refractivity contribution >= 4 is 28.7 Å². The fraction of sp³-hybridized carbons (Fsp3) is 0.261. The lowest BCUT2D eigenvalue weighted by Crippen LogP contribution is -2.45. The Labute approximate surface area is 173 Å². The third-order valence-corrected chi connectivity index (χ3v) is 5.98. The molecule has 2 N–H and O–H groups in total. The van der Waals surface area contributed by atoms with Crippen molar-refractivity contribution in [3.8, 4) is 0 Å². The van der Waals surface area contributed by atoms with Crippen molar-refractivity contribution in [1.82, 2.24) is 20.1 Å². The maximum atomic E-state index is 12.9. The van der Waals surface area contributed by atoms with E-state index in [1.54, 1.807) is 4.90 Å². The lowest BCUT2D eigenvalue weighted by Gasteiger charge is -2.29. The SMILES string of the molecule is O=C(CN1C(=O)N[C@H](Cc2c[nH]c3ccccc23)C1=O)N1CCc2ccccc2C1. The molecule has 2 aromatic carbocycles. The van der Waals surface area contributed by atoms with E-state index in [-0.39, 0.29) is 18.4 Å². The van der Waals surface area contributed by atoms with Crippen molar-refractivity contribution in [2.75, 3.05) is 13.1 Å². The normalized spacial score (nSPS) is 18.6. The monoisotopic (exact) mass is 402 g/mol. The van der Waals surface area contributed by atoms with Gasteiger partial charge in [-0.15, -0.1) is 0 Å². The summed E-state index contributed by atoms with van der Waals surface area (Å²) in [4.78, 5) is 44.0. The van der Waals surface area contributed by atoms with Gasteiger partial charge in [-0.2, -0.15) is 0 Å². The zero-order valence-corrected chi connectivity index (χ0v) is 16.4. The second kappa shape index (κ2) is 7.33. The minimum absolute atomic E-state index is 0.208. The Bertz CT molecular complexity index is 1150. The van der Waals surface area contributed by atoms with Gasteiger partial charge < -0.3 is 15.2 Å². The number of carbonyl (C=O) groups is 3. The first-order valence-corrected chi connectivity index (χ1v) is 10.1. The lowest BCUT2D eigenvalue weighted by atomic mass is 10.00. The Kier molecular flexibility index (Phi) is 4.50. The molecule has 0 radical (unpaired) electrons. The Morgan fingerprint density at radius 2 is 1.80 bits per heavy atom. The molecule has 2 aliphatic rings. The minimum atomic E-state index is -0.661. The van der Waals surface area contributed by atoms with E-state index in [0.29, 0.717) is 19.5 Å². The molecule has 2 aliphatic heterocycles. The number of para-hydroxylation sites is 1. The summed E-state index contributed by atoms with van der Waals surface area (Å²) in [5, 5.41) is 3.76. The van der Waals surface area contributed by atoms with Crippen molar-refractivity contribution in [1.29, 1.82) is 0 Å². The number of H-pyrrole nitrogens is 1. The summed E-state index contributed by atoms with van der Waals surface area (Å²) in [5.41, 5.74) is 4.31. The van der Waals surface area contributed by atoms with Crippen molar-refractivity contribution in [2.24, 2.45) is 0 Å². The number of urea groups is 1. The molecule has 5 rings (SSSR count). The number of aromatic amines is 1. The van der Waals surface area contributed by atoms with E-state index in [0.717, 1.165) is 33.4 Å². The zero-order valence-electron chi connectivity index (χ0n) is 16.4. The van der Waals surface area contributed by atoms with Gasteiger partial charge in [-0.1, -0.05) is 42.5 Å². The molecule has 1 aromatic heterocycles. The largest absolute Gasteiger partial charge is 0.361 e. The third kappa shape index (κ3) is 3.22. The second-order valence-corrected chi connectivity index (χ2v) is 7.82. The first-order valence-electron chi connectivity index (χ1n) is 10.1. The highest BCUT2D eigenvalue weighted by molar-refractivity contribution is 6.06. The molecule has 3 heterocycles. The van der Waals surface area contributed by atoms with E-state index in [1.807, 2.05) is 48.7 Å². The van der Waals surface area contributed by atoms with E-state index in [4.69, 9.17) is 0 Å². The smallest absolute Gasteiger partial charge is 0.325 e. The van der Waals surface area contributed by atoms with Gasteiger partial charge in [-0.05, 0) is 29.2 Å². The third-order valence-electron chi connectivity index (χ3n) is 5.98. The zero-order chi connectivity index (χ0) is 20.7. The highest BCUT2D eigenvalue weighted by Gasteiger charge is 2.40. The molecule has 4 amide bonds. The molecule has 7 nitrogen and oxygen atoms in total. The Morgan fingerprint density at radius 3 is 2.67 bits per heavy atom. The topological polar surface area (TPSA) is 85.5 Å². The van der Waals surface area contributed by atoms with Crippen LogP contribution in [-0.2, 0) is 29.0 Å². The van der Waals surface area contributed by atoms with E-state index in [1.165, 1.54) is 5.56 Å². The first kappa shape index (κ1) is 18.4. The summed E-state index contributed by atoms with van der Waals surface area (Å²) in [7, 11) is 0. The van der Waals surface area contributed by atoms with Crippen LogP contribution < -0.4 is 5.32 Å². The van der Waals surface area contributed by atoms with Crippen LogP contribution in [0.15, 0.2) is 54.7 Å². The number of aromatic nitrogens is 1. The number of hydrogen-bond donors (Lipinski definition) is 2. The number of nitrogens with zero attached hydrogens (tertiary/aromatic N) is 2. The molecular weight excluding hydrogens is 380 g/mol. The highest BCUT2D eigenvalue weighted by Crippen LogP contribution is 2.22. The summed E-state index contributed by atoms with van der Waals surface area (Å²) in [6, 6.07) is 14.7. The summed E-state index contributed by atoms with van der Waals surface area (Å²) in [5.74, 6) is -0.559. The summed E-state index contributed by atoms with van der Waals surface area (Å²) < 4.78 is 0. The van der Waals surface area contributed by atoms with Gasteiger partial charge in [0.2, 0.25) is 5.91 Å². The molecule has 7 heteroatoms. The number of imide groups is 1. The molecule has 0 saturated carbocycles. The van der Waals surface area contributed by atoms with Gasteiger partial charge in [0.05, 0.1) is 0 Å². The van der Waals surface area contributed by atoms with Gasteiger partial charge in [-0.3, -0.25) is 14.5 Å². The average molecular weight is 402 g/mol. The van der Waals surface area contributed by atoms with Crippen LogP contribution in [0.4, 0.5) is 4.79 Å². The van der Waals surface area contributed by atoms with Crippen LogP contribution in [0.5, 0.6) is 0 Å². The fourth-order valence-electron chi connectivity index (χ4n) is 4.33. The number of fused-ring (bicyclic) bond motifs is 2. The van der Waals surface area contributed by atoms with Gasteiger partial charge in [-0.25, -0.2) is 4.79 Å².